The van der Waals surface area contributed by atoms with Crippen molar-refractivity contribution >= 4 is 39.3 Å². The van der Waals surface area contributed by atoms with E-state index in [4.69, 9.17) is 10.0 Å². The third-order valence-corrected chi connectivity index (χ3v) is 5.89. The zero-order valence-corrected chi connectivity index (χ0v) is 16.7. The molecule has 0 saturated carbocycles. The average Bonchev–Trinajstić information content (AvgIpc) is 3.31. The van der Waals surface area contributed by atoms with Crippen molar-refractivity contribution in [1.29, 1.82) is 5.41 Å². The molecule has 3 rings (SSSR count). The zero-order valence-electron chi connectivity index (χ0n) is 14.3. The van der Waals surface area contributed by atoms with Crippen LogP contribution in [0.5, 0.6) is 0 Å². The Morgan fingerprint density at radius 3 is 3.04 bits per heavy atom. The molecule has 0 spiro atoms. The molecule has 1 aliphatic rings. The quantitative estimate of drug-likeness (QED) is 0.490. The van der Waals surface area contributed by atoms with Crippen molar-refractivity contribution in [3.63, 3.8) is 0 Å². The van der Waals surface area contributed by atoms with Crippen LogP contribution in [0.1, 0.15) is 24.1 Å². The van der Waals surface area contributed by atoms with Crippen molar-refractivity contribution in [2.24, 2.45) is 0 Å². The number of nitrogens with one attached hydrogen (secondary N) is 1. The lowest BCUT2D eigenvalue weighted by atomic mass is 10.1. The van der Waals surface area contributed by atoms with Crippen LogP contribution < -0.4 is 0 Å². The lowest BCUT2D eigenvalue weighted by molar-refractivity contribution is -0.129. The second kappa shape index (κ2) is 8.94. The third-order valence-electron chi connectivity index (χ3n) is 4.35. The van der Waals surface area contributed by atoms with Crippen LogP contribution in [0.4, 0.5) is 4.39 Å². The van der Waals surface area contributed by atoms with Crippen molar-refractivity contribution in [2.75, 3.05) is 18.9 Å². The molecule has 1 aromatic carbocycles. The fourth-order valence-corrected chi connectivity index (χ4v) is 4.20. The van der Waals surface area contributed by atoms with E-state index in [2.05, 4.69) is 26.2 Å². The van der Waals surface area contributed by atoms with Gasteiger partial charge in [-0.25, -0.2) is 9.02 Å². The highest BCUT2D eigenvalue weighted by Crippen LogP contribution is 2.24. The number of halogens is 2. The smallest absolute Gasteiger partial charge is 0.233 e. The van der Waals surface area contributed by atoms with Crippen molar-refractivity contribution in [3.05, 3.63) is 39.7 Å². The van der Waals surface area contributed by atoms with Gasteiger partial charge >= 0.3 is 0 Å². The Morgan fingerprint density at radius 1 is 1.48 bits per heavy atom. The number of carbonyl (C=O) groups is 1. The topological polar surface area (TPSA) is 103 Å². The highest BCUT2D eigenvalue weighted by Gasteiger charge is 2.28. The van der Waals surface area contributed by atoms with E-state index in [1.165, 1.54) is 6.07 Å². The third kappa shape index (κ3) is 4.74. The predicted octanol–water partition coefficient (Wildman–Crippen LogP) is 2.66. The summed E-state index contributed by atoms with van der Waals surface area (Å²) in [7, 11) is 0. The molecular formula is C17H18BrFN4O3S. The normalized spacial score (nSPS) is 16.7. The average molecular weight is 457 g/mol. The predicted molar refractivity (Wildman–Crippen MR) is 101 cm³/mol. The second-order valence-corrected chi connectivity index (χ2v) is 7.99. The van der Waals surface area contributed by atoms with Gasteiger partial charge in [-0.05, 0) is 56.8 Å². The molecule has 10 heteroatoms. The summed E-state index contributed by atoms with van der Waals surface area (Å²) < 4.78 is 18.4. The summed E-state index contributed by atoms with van der Waals surface area (Å²) in [4.78, 5) is 14.1. The van der Waals surface area contributed by atoms with E-state index in [1.54, 1.807) is 17.0 Å². The standard InChI is InChI=1S/C17H18BrFN4O3S/c18-12-6-10(3-4-13(12)19)7-14(20)16-17(22-26-21-16)27-9-15(25)23-5-1-2-11(23)8-24/h3-4,6,11,20,24H,1-2,5,7-9H2/t11-/m1/s1. The van der Waals surface area contributed by atoms with Crippen molar-refractivity contribution in [1.82, 2.24) is 15.2 Å². The van der Waals surface area contributed by atoms with E-state index in [0.717, 1.165) is 30.2 Å². The van der Waals surface area contributed by atoms with E-state index in [1.807, 2.05) is 0 Å². The fourth-order valence-electron chi connectivity index (χ4n) is 2.96. The summed E-state index contributed by atoms with van der Waals surface area (Å²) in [5.74, 6) is -0.321. The summed E-state index contributed by atoms with van der Waals surface area (Å²) in [5.41, 5.74) is 1.18. The van der Waals surface area contributed by atoms with Crippen LogP contribution in [0.25, 0.3) is 0 Å². The Morgan fingerprint density at radius 2 is 2.30 bits per heavy atom. The molecule has 1 saturated heterocycles. The molecule has 1 aromatic heterocycles. The highest BCUT2D eigenvalue weighted by atomic mass is 79.9. The van der Waals surface area contributed by atoms with Gasteiger partial charge in [0.1, 0.15) is 5.82 Å². The molecule has 0 radical (unpaired) electrons. The number of carbonyl (C=O) groups excluding carboxylic acids is 1. The first-order valence-electron chi connectivity index (χ1n) is 8.37. The van der Waals surface area contributed by atoms with Gasteiger partial charge in [0.15, 0.2) is 10.7 Å². The molecule has 0 aliphatic carbocycles. The van der Waals surface area contributed by atoms with E-state index in [-0.39, 0.29) is 48.0 Å². The molecule has 2 heterocycles. The number of benzene rings is 1. The van der Waals surface area contributed by atoms with Crippen LogP contribution in [0.2, 0.25) is 0 Å². The molecule has 7 nitrogen and oxygen atoms in total. The number of rotatable bonds is 7. The Balaban J connectivity index is 1.62. The number of aromatic nitrogens is 2. The molecular weight excluding hydrogens is 439 g/mol. The number of likely N-dealkylation sites (tertiary alicyclic amines) is 1. The van der Waals surface area contributed by atoms with E-state index in [9.17, 15) is 14.3 Å². The summed E-state index contributed by atoms with van der Waals surface area (Å²) in [6, 6.07) is 4.41. The SMILES string of the molecule is N=C(Cc1ccc(F)c(Br)c1)c1nonc1SCC(=O)N1CCC[C@@H]1CO. The maximum Gasteiger partial charge on any atom is 0.233 e. The van der Waals surface area contributed by atoms with Gasteiger partial charge in [-0.2, -0.15) is 0 Å². The van der Waals surface area contributed by atoms with Crippen molar-refractivity contribution in [2.45, 2.75) is 30.3 Å². The Bertz CT molecular complexity index is 847. The minimum Gasteiger partial charge on any atom is -0.394 e. The first-order chi connectivity index (χ1) is 13.0. The number of aliphatic hydroxyl groups is 1. The molecule has 1 aliphatic heterocycles. The van der Waals surface area contributed by atoms with Crippen molar-refractivity contribution in [3.8, 4) is 0 Å². The van der Waals surface area contributed by atoms with Gasteiger partial charge in [-0.3, -0.25) is 4.79 Å². The second-order valence-electron chi connectivity index (χ2n) is 6.18. The van der Waals surface area contributed by atoms with Crippen molar-refractivity contribution < 1.29 is 18.9 Å². The van der Waals surface area contributed by atoms with Crippen LogP contribution in [0, 0.1) is 11.2 Å². The van der Waals surface area contributed by atoms with Crippen LogP contribution in [-0.4, -0.2) is 56.9 Å². The Kier molecular flexibility index (Phi) is 6.61. The van der Waals surface area contributed by atoms with Crippen LogP contribution in [0.3, 0.4) is 0 Å². The largest absolute Gasteiger partial charge is 0.394 e. The van der Waals surface area contributed by atoms with Gasteiger partial charge in [0.25, 0.3) is 0 Å². The van der Waals surface area contributed by atoms with Crippen LogP contribution in [0.15, 0.2) is 32.3 Å². The number of hydrogen-bond acceptors (Lipinski definition) is 7. The lowest BCUT2D eigenvalue weighted by Crippen LogP contribution is -2.38. The molecule has 2 N–H and O–H groups in total. The number of aliphatic hydroxyl groups excluding tert-OH is 1. The Hall–Kier alpha value is -1.78. The molecule has 1 amide bonds. The molecule has 0 bridgehead atoms. The van der Waals surface area contributed by atoms with Gasteiger partial charge in [-0.1, -0.05) is 17.8 Å². The van der Waals surface area contributed by atoms with E-state index < -0.39 is 0 Å². The molecule has 2 aromatic rings. The Labute approximate surface area is 167 Å². The van der Waals surface area contributed by atoms with Crippen LogP contribution >= 0.6 is 27.7 Å². The van der Waals surface area contributed by atoms with Gasteiger partial charge in [-0.15, -0.1) is 0 Å². The number of nitrogens with zero attached hydrogens (tertiary/aromatic N) is 3. The van der Waals surface area contributed by atoms with Gasteiger partial charge < -0.3 is 15.4 Å². The van der Waals surface area contributed by atoms with Gasteiger partial charge in [0.2, 0.25) is 5.91 Å². The first-order valence-corrected chi connectivity index (χ1v) is 10.1. The van der Waals surface area contributed by atoms with Gasteiger partial charge in [0, 0.05) is 13.0 Å². The number of thioether (sulfide) groups is 1. The summed E-state index contributed by atoms with van der Waals surface area (Å²) >= 11 is 4.28. The molecule has 1 atom stereocenters. The zero-order chi connectivity index (χ0) is 19.4. The maximum absolute atomic E-state index is 13.3. The first kappa shape index (κ1) is 20.0. The minimum absolute atomic E-state index is 0.0367. The number of hydrogen-bond donors (Lipinski definition) is 2. The summed E-state index contributed by atoms with van der Waals surface area (Å²) in [6.07, 6.45) is 1.92. The molecule has 1 fully saturated rings. The minimum atomic E-state index is -0.369. The number of amides is 1. The molecule has 27 heavy (non-hydrogen) atoms. The monoisotopic (exact) mass is 456 g/mol. The summed E-state index contributed by atoms with van der Waals surface area (Å²) in [6.45, 7) is 0.606. The van der Waals surface area contributed by atoms with Crippen LogP contribution in [-0.2, 0) is 11.2 Å². The maximum atomic E-state index is 13.3. The highest BCUT2D eigenvalue weighted by molar-refractivity contribution is 9.10. The molecule has 144 valence electrons. The summed E-state index contributed by atoms with van der Waals surface area (Å²) in [5, 5.41) is 25.5. The van der Waals surface area contributed by atoms with Gasteiger partial charge in [0.05, 0.1) is 28.6 Å². The fraction of sp³-hybridized carbons (Fsp3) is 0.412. The molecule has 0 unspecified atom stereocenters. The van der Waals surface area contributed by atoms with E-state index >= 15 is 0 Å². The lowest BCUT2D eigenvalue weighted by Gasteiger charge is -2.22. The van der Waals surface area contributed by atoms with E-state index in [0.29, 0.717) is 16.0 Å².